The Morgan fingerprint density at radius 1 is 1.22 bits per heavy atom. The average molecular weight is 377 g/mol. The zero-order valence-corrected chi connectivity index (χ0v) is 15.1. The van der Waals surface area contributed by atoms with E-state index in [2.05, 4.69) is 15.3 Å². The largest absolute Gasteiger partial charge is 0.433 e. The molecule has 1 aromatic heterocycles. The van der Waals surface area contributed by atoms with Crippen molar-refractivity contribution >= 4 is 5.91 Å². The molecule has 1 aromatic carbocycles. The molecule has 0 spiro atoms. The maximum absolute atomic E-state index is 13.1. The quantitative estimate of drug-likeness (QED) is 0.786. The Hall–Kier alpha value is -2.44. The predicted molar refractivity (Wildman–Crippen MR) is 95.2 cm³/mol. The number of hydrogen-bond acceptors (Lipinski definition) is 3. The summed E-state index contributed by atoms with van der Waals surface area (Å²) in [7, 11) is 0. The third-order valence-electron chi connectivity index (χ3n) is 4.65. The van der Waals surface area contributed by atoms with Gasteiger partial charge in [-0.15, -0.1) is 0 Å². The molecule has 1 N–H and O–H groups in total. The minimum absolute atomic E-state index is 0.102. The van der Waals surface area contributed by atoms with Crippen molar-refractivity contribution in [3.63, 3.8) is 0 Å². The van der Waals surface area contributed by atoms with Crippen molar-refractivity contribution in [1.29, 1.82) is 0 Å². The third kappa shape index (κ3) is 5.05. The molecule has 1 aliphatic carbocycles. The summed E-state index contributed by atoms with van der Waals surface area (Å²) in [6, 6.07) is 10.5. The third-order valence-corrected chi connectivity index (χ3v) is 4.65. The number of alkyl halides is 3. The van der Waals surface area contributed by atoms with Gasteiger partial charge in [-0.1, -0.05) is 37.3 Å². The highest BCUT2D eigenvalue weighted by Crippen LogP contribution is 2.40. The van der Waals surface area contributed by atoms with Crippen LogP contribution in [-0.4, -0.2) is 22.4 Å². The summed E-state index contributed by atoms with van der Waals surface area (Å²) in [5.41, 5.74) is 0.467. The van der Waals surface area contributed by atoms with Crippen molar-refractivity contribution < 1.29 is 18.0 Å². The Labute approximate surface area is 156 Å². The SMILES string of the molecule is CCC(C(=O)NCCc1nc(C2CC2)cc(C(F)(F)F)n1)c1ccccc1. The summed E-state index contributed by atoms with van der Waals surface area (Å²) >= 11 is 0. The molecular formula is C20H22F3N3O. The van der Waals surface area contributed by atoms with Gasteiger partial charge in [0.05, 0.1) is 5.92 Å². The molecule has 1 unspecified atom stereocenters. The van der Waals surface area contributed by atoms with Crippen molar-refractivity contribution in [2.45, 2.75) is 50.6 Å². The molecule has 4 nitrogen and oxygen atoms in total. The first-order chi connectivity index (χ1) is 12.9. The molecule has 27 heavy (non-hydrogen) atoms. The number of carbonyl (C=O) groups excluding carboxylic acids is 1. The van der Waals surface area contributed by atoms with Crippen molar-refractivity contribution in [3.05, 3.63) is 59.2 Å². The smallest absolute Gasteiger partial charge is 0.355 e. The highest BCUT2D eigenvalue weighted by atomic mass is 19.4. The Kier molecular flexibility index (Phi) is 5.77. The van der Waals surface area contributed by atoms with E-state index in [1.54, 1.807) is 0 Å². The van der Waals surface area contributed by atoms with E-state index in [1.165, 1.54) is 0 Å². The fourth-order valence-corrected chi connectivity index (χ4v) is 3.04. The van der Waals surface area contributed by atoms with Gasteiger partial charge in [-0.05, 0) is 30.9 Å². The van der Waals surface area contributed by atoms with Gasteiger partial charge < -0.3 is 5.32 Å². The molecule has 1 aliphatic rings. The molecule has 1 fully saturated rings. The molecule has 144 valence electrons. The lowest BCUT2D eigenvalue weighted by atomic mass is 9.96. The molecule has 1 amide bonds. The van der Waals surface area contributed by atoms with Crippen LogP contribution in [0.1, 0.15) is 60.8 Å². The number of benzene rings is 1. The highest BCUT2D eigenvalue weighted by molar-refractivity contribution is 5.83. The van der Waals surface area contributed by atoms with Crippen LogP contribution in [0.2, 0.25) is 0 Å². The van der Waals surface area contributed by atoms with E-state index in [0.29, 0.717) is 12.1 Å². The van der Waals surface area contributed by atoms with Crippen LogP contribution in [0.25, 0.3) is 0 Å². The summed E-state index contributed by atoms with van der Waals surface area (Å²) in [4.78, 5) is 20.4. The summed E-state index contributed by atoms with van der Waals surface area (Å²) in [5, 5.41) is 2.80. The normalized spacial score (nSPS) is 15.4. The zero-order valence-electron chi connectivity index (χ0n) is 15.1. The van der Waals surface area contributed by atoms with E-state index in [-0.39, 0.29) is 36.5 Å². The van der Waals surface area contributed by atoms with Gasteiger partial charge >= 0.3 is 6.18 Å². The fraction of sp³-hybridized carbons (Fsp3) is 0.450. The first kappa shape index (κ1) is 19.3. The summed E-state index contributed by atoms with van der Waals surface area (Å²) in [5.74, 6) is -0.196. The standard InChI is InChI=1S/C20H22F3N3O/c1-2-15(13-6-4-3-5-7-13)19(27)24-11-10-18-25-16(14-8-9-14)12-17(26-18)20(21,22)23/h3-7,12,14-15H,2,8-11H2,1H3,(H,24,27). The number of nitrogens with zero attached hydrogens (tertiary/aromatic N) is 2. The second kappa shape index (κ2) is 8.06. The van der Waals surface area contributed by atoms with E-state index in [9.17, 15) is 18.0 Å². The lowest BCUT2D eigenvalue weighted by Gasteiger charge is -2.15. The van der Waals surface area contributed by atoms with Gasteiger partial charge in [0, 0.05) is 24.6 Å². The summed E-state index contributed by atoms with van der Waals surface area (Å²) in [6.07, 6.45) is -1.97. The van der Waals surface area contributed by atoms with Crippen molar-refractivity contribution in [1.82, 2.24) is 15.3 Å². The predicted octanol–water partition coefficient (Wildman–Crippen LogP) is 4.23. The topological polar surface area (TPSA) is 54.9 Å². The maximum Gasteiger partial charge on any atom is 0.433 e. The van der Waals surface area contributed by atoms with Gasteiger partial charge in [-0.3, -0.25) is 4.79 Å². The molecular weight excluding hydrogens is 355 g/mol. The van der Waals surface area contributed by atoms with Crippen LogP contribution in [-0.2, 0) is 17.4 Å². The van der Waals surface area contributed by atoms with Gasteiger partial charge in [-0.25, -0.2) is 9.97 Å². The van der Waals surface area contributed by atoms with Crippen LogP contribution in [0.5, 0.6) is 0 Å². The molecule has 2 aromatic rings. The number of rotatable bonds is 7. The molecule has 0 bridgehead atoms. The van der Waals surface area contributed by atoms with E-state index >= 15 is 0 Å². The highest BCUT2D eigenvalue weighted by Gasteiger charge is 2.35. The van der Waals surface area contributed by atoms with Crippen LogP contribution in [0.3, 0.4) is 0 Å². The van der Waals surface area contributed by atoms with E-state index in [4.69, 9.17) is 0 Å². The first-order valence-corrected chi connectivity index (χ1v) is 9.16. The summed E-state index contributed by atoms with van der Waals surface area (Å²) in [6.45, 7) is 2.13. The molecule has 1 saturated carbocycles. The van der Waals surface area contributed by atoms with Crippen LogP contribution in [0.4, 0.5) is 13.2 Å². The van der Waals surface area contributed by atoms with Gasteiger partial charge in [-0.2, -0.15) is 13.2 Å². The Bertz CT molecular complexity index is 789. The van der Waals surface area contributed by atoms with Gasteiger partial charge in [0.25, 0.3) is 0 Å². The average Bonchev–Trinajstić information content (AvgIpc) is 3.47. The number of hydrogen-bond donors (Lipinski definition) is 1. The second-order valence-corrected chi connectivity index (χ2v) is 6.78. The van der Waals surface area contributed by atoms with Crippen molar-refractivity contribution in [2.24, 2.45) is 0 Å². The number of carbonyl (C=O) groups is 1. The number of amides is 1. The molecule has 1 heterocycles. The molecule has 0 saturated heterocycles. The molecule has 0 radical (unpaired) electrons. The van der Waals surface area contributed by atoms with Crippen LogP contribution in [0, 0.1) is 0 Å². The molecule has 0 aliphatic heterocycles. The van der Waals surface area contributed by atoms with Gasteiger partial charge in [0.2, 0.25) is 5.91 Å². The van der Waals surface area contributed by atoms with E-state index in [1.807, 2.05) is 37.3 Å². The molecule has 1 atom stereocenters. The number of halogens is 3. The lowest BCUT2D eigenvalue weighted by molar-refractivity contribution is -0.141. The number of nitrogens with one attached hydrogen (secondary N) is 1. The minimum Gasteiger partial charge on any atom is -0.355 e. The second-order valence-electron chi connectivity index (χ2n) is 6.78. The van der Waals surface area contributed by atoms with Gasteiger partial charge in [0.1, 0.15) is 11.5 Å². The van der Waals surface area contributed by atoms with Crippen molar-refractivity contribution in [3.8, 4) is 0 Å². The molecule has 3 rings (SSSR count). The van der Waals surface area contributed by atoms with E-state index < -0.39 is 11.9 Å². The maximum atomic E-state index is 13.1. The van der Waals surface area contributed by atoms with Gasteiger partial charge in [0.15, 0.2) is 0 Å². The monoisotopic (exact) mass is 377 g/mol. The van der Waals surface area contributed by atoms with Crippen LogP contribution in [0.15, 0.2) is 36.4 Å². The Morgan fingerprint density at radius 2 is 1.93 bits per heavy atom. The van der Waals surface area contributed by atoms with E-state index in [0.717, 1.165) is 24.5 Å². The van der Waals surface area contributed by atoms with Crippen molar-refractivity contribution in [2.75, 3.05) is 6.54 Å². The van der Waals surface area contributed by atoms with Crippen LogP contribution < -0.4 is 5.32 Å². The summed E-state index contributed by atoms with van der Waals surface area (Å²) < 4.78 is 39.2. The first-order valence-electron chi connectivity index (χ1n) is 9.16. The van der Waals surface area contributed by atoms with Crippen LogP contribution >= 0.6 is 0 Å². The molecule has 7 heteroatoms. The number of aromatic nitrogens is 2. The Balaban J connectivity index is 1.64. The zero-order chi connectivity index (χ0) is 19.4. The lowest BCUT2D eigenvalue weighted by Crippen LogP contribution is -2.31. The Morgan fingerprint density at radius 3 is 2.52 bits per heavy atom. The minimum atomic E-state index is -4.49. The fourth-order valence-electron chi connectivity index (χ4n) is 3.04.